The molecule has 1 aliphatic rings. The second kappa shape index (κ2) is 10.3. The highest BCUT2D eigenvalue weighted by atomic mass is 32.2. The minimum atomic E-state index is -0.567. The average Bonchev–Trinajstić information content (AvgIpc) is 3.43. The molecule has 0 atom stereocenters. The number of hydrogen-bond acceptors (Lipinski definition) is 6. The van der Waals surface area contributed by atoms with Gasteiger partial charge >= 0.3 is 5.97 Å². The van der Waals surface area contributed by atoms with E-state index in [0.717, 1.165) is 30.8 Å². The standard InChI is InChI=1S/C20H22N2O4S2/c23-18(21-12-15-6-5-11-27-15)13-26-20(25)16-7-1-2-8-17(16)28-14-19(24)22-9-3-4-10-22/h1-2,5-8,11H,3-4,9-10,12-14H2,(H,21,23). The number of benzene rings is 1. The number of likely N-dealkylation sites (tertiary alicyclic amines) is 1. The van der Waals surface area contributed by atoms with Crippen molar-refractivity contribution in [3.05, 3.63) is 52.2 Å². The van der Waals surface area contributed by atoms with Crippen LogP contribution >= 0.6 is 23.1 Å². The molecule has 0 saturated carbocycles. The SMILES string of the molecule is O=C(COC(=O)c1ccccc1SCC(=O)N1CCCC1)NCc1cccs1. The van der Waals surface area contributed by atoms with Gasteiger partial charge in [0.2, 0.25) is 5.91 Å². The number of carbonyl (C=O) groups is 3. The van der Waals surface area contributed by atoms with Gasteiger partial charge in [0.05, 0.1) is 17.9 Å². The number of thiophene rings is 1. The number of ether oxygens (including phenoxy) is 1. The lowest BCUT2D eigenvalue weighted by Gasteiger charge is -2.15. The Morgan fingerprint density at radius 1 is 1.11 bits per heavy atom. The van der Waals surface area contributed by atoms with Crippen molar-refractivity contribution in [1.82, 2.24) is 10.2 Å². The van der Waals surface area contributed by atoms with Crippen LogP contribution in [0.2, 0.25) is 0 Å². The zero-order valence-corrected chi connectivity index (χ0v) is 17.0. The monoisotopic (exact) mass is 418 g/mol. The second-order valence-electron chi connectivity index (χ2n) is 6.30. The fraction of sp³-hybridized carbons (Fsp3) is 0.350. The Morgan fingerprint density at radius 3 is 2.64 bits per heavy atom. The quantitative estimate of drug-likeness (QED) is 0.527. The van der Waals surface area contributed by atoms with Crippen LogP contribution in [-0.4, -0.2) is 48.1 Å². The van der Waals surface area contributed by atoms with E-state index in [1.54, 1.807) is 29.5 Å². The van der Waals surface area contributed by atoms with Gasteiger partial charge in [-0.3, -0.25) is 9.59 Å². The summed E-state index contributed by atoms with van der Waals surface area (Å²) in [4.78, 5) is 40.1. The molecule has 1 aromatic carbocycles. The molecule has 0 unspecified atom stereocenters. The number of thioether (sulfide) groups is 1. The summed E-state index contributed by atoms with van der Waals surface area (Å²) in [5.74, 6) is -0.552. The minimum Gasteiger partial charge on any atom is -0.452 e. The number of carbonyl (C=O) groups excluding carboxylic acids is 3. The maximum absolute atomic E-state index is 12.4. The molecule has 0 aliphatic carbocycles. The van der Waals surface area contributed by atoms with E-state index in [1.807, 2.05) is 28.5 Å². The first-order valence-corrected chi connectivity index (χ1v) is 11.0. The molecular weight excluding hydrogens is 396 g/mol. The highest BCUT2D eigenvalue weighted by Gasteiger charge is 2.20. The molecule has 2 heterocycles. The first-order chi connectivity index (χ1) is 13.6. The summed E-state index contributed by atoms with van der Waals surface area (Å²) in [6.45, 7) is 1.70. The predicted octanol–water partition coefficient (Wildman–Crippen LogP) is 2.94. The van der Waals surface area contributed by atoms with Crippen LogP contribution in [0.4, 0.5) is 0 Å². The van der Waals surface area contributed by atoms with E-state index < -0.39 is 5.97 Å². The molecule has 2 amide bonds. The third-order valence-corrected chi connectivity index (χ3v) is 6.23. The van der Waals surface area contributed by atoms with Gasteiger partial charge in [0.1, 0.15) is 0 Å². The molecule has 1 fully saturated rings. The lowest BCUT2D eigenvalue weighted by molar-refractivity contribution is -0.127. The summed E-state index contributed by atoms with van der Waals surface area (Å²) < 4.78 is 5.15. The van der Waals surface area contributed by atoms with Crippen molar-refractivity contribution in [2.24, 2.45) is 0 Å². The summed E-state index contributed by atoms with van der Waals surface area (Å²) in [5, 5.41) is 4.65. The first kappa shape index (κ1) is 20.4. The summed E-state index contributed by atoms with van der Waals surface area (Å²) in [6, 6.07) is 10.8. The Hall–Kier alpha value is -2.32. The number of nitrogens with zero attached hydrogens (tertiary/aromatic N) is 1. The molecule has 1 aromatic heterocycles. The maximum Gasteiger partial charge on any atom is 0.339 e. The Morgan fingerprint density at radius 2 is 1.89 bits per heavy atom. The maximum atomic E-state index is 12.4. The molecule has 0 bridgehead atoms. The van der Waals surface area contributed by atoms with Gasteiger partial charge in [0.15, 0.2) is 6.61 Å². The third kappa shape index (κ3) is 5.84. The molecule has 148 valence electrons. The van der Waals surface area contributed by atoms with E-state index in [2.05, 4.69) is 5.32 Å². The largest absolute Gasteiger partial charge is 0.452 e. The van der Waals surface area contributed by atoms with Crippen LogP contribution in [0.15, 0.2) is 46.7 Å². The Labute approximate surface area is 172 Å². The minimum absolute atomic E-state index is 0.0821. The summed E-state index contributed by atoms with van der Waals surface area (Å²) in [5.41, 5.74) is 0.368. The van der Waals surface area contributed by atoms with E-state index >= 15 is 0 Å². The molecule has 0 radical (unpaired) electrons. The number of amides is 2. The van der Waals surface area contributed by atoms with Crippen molar-refractivity contribution in [3.8, 4) is 0 Å². The van der Waals surface area contributed by atoms with Crippen molar-refractivity contribution in [2.45, 2.75) is 24.3 Å². The lowest BCUT2D eigenvalue weighted by Crippen LogP contribution is -2.29. The highest BCUT2D eigenvalue weighted by molar-refractivity contribution is 8.00. The Kier molecular flexibility index (Phi) is 7.50. The van der Waals surface area contributed by atoms with Crippen LogP contribution in [0.5, 0.6) is 0 Å². The number of hydrogen-bond donors (Lipinski definition) is 1. The van der Waals surface area contributed by atoms with E-state index in [9.17, 15) is 14.4 Å². The number of rotatable bonds is 8. The summed E-state index contributed by atoms with van der Waals surface area (Å²) >= 11 is 2.87. The van der Waals surface area contributed by atoms with Crippen molar-refractivity contribution in [3.63, 3.8) is 0 Å². The van der Waals surface area contributed by atoms with Gasteiger partial charge in [0, 0.05) is 22.9 Å². The molecular formula is C20H22N2O4S2. The van der Waals surface area contributed by atoms with Gasteiger partial charge in [-0.2, -0.15) is 0 Å². The van der Waals surface area contributed by atoms with E-state index in [0.29, 0.717) is 17.0 Å². The molecule has 1 aliphatic heterocycles. The third-order valence-electron chi connectivity index (χ3n) is 4.29. The zero-order valence-electron chi connectivity index (χ0n) is 15.4. The average molecular weight is 419 g/mol. The molecule has 2 aromatic rings. The zero-order chi connectivity index (χ0) is 19.8. The van der Waals surface area contributed by atoms with Gasteiger partial charge in [-0.15, -0.1) is 23.1 Å². The van der Waals surface area contributed by atoms with Crippen molar-refractivity contribution in [2.75, 3.05) is 25.4 Å². The Balaban J connectivity index is 1.49. The van der Waals surface area contributed by atoms with Crippen LogP contribution in [0, 0.1) is 0 Å². The van der Waals surface area contributed by atoms with Crippen LogP contribution in [0.3, 0.4) is 0 Å². The normalized spacial score (nSPS) is 13.4. The highest BCUT2D eigenvalue weighted by Crippen LogP contribution is 2.24. The van der Waals surface area contributed by atoms with Crippen LogP contribution in [0.25, 0.3) is 0 Å². The fourth-order valence-corrected chi connectivity index (χ4v) is 4.40. The molecule has 1 saturated heterocycles. The predicted molar refractivity (Wildman–Crippen MR) is 109 cm³/mol. The molecule has 6 nitrogen and oxygen atoms in total. The number of esters is 1. The molecule has 3 rings (SSSR count). The molecule has 8 heteroatoms. The van der Waals surface area contributed by atoms with Crippen LogP contribution < -0.4 is 5.32 Å². The lowest BCUT2D eigenvalue weighted by atomic mass is 10.2. The van der Waals surface area contributed by atoms with E-state index in [1.165, 1.54) is 11.8 Å². The van der Waals surface area contributed by atoms with E-state index in [4.69, 9.17) is 4.74 Å². The summed E-state index contributed by atoms with van der Waals surface area (Å²) in [6.07, 6.45) is 2.10. The van der Waals surface area contributed by atoms with Crippen molar-refractivity contribution < 1.29 is 19.1 Å². The van der Waals surface area contributed by atoms with Gasteiger partial charge < -0.3 is 15.0 Å². The van der Waals surface area contributed by atoms with Gasteiger partial charge in [0.25, 0.3) is 5.91 Å². The van der Waals surface area contributed by atoms with Crippen LogP contribution in [0.1, 0.15) is 28.1 Å². The molecule has 0 spiro atoms. The van der Waals surface area contributed by atoms with Gasteiger partial charge in [-0.05, 0) is 36.4 Å². The molecule has 28 heavy (non-hydrogen) atoms. The molecule has 1 N–H and O–H groups in total. The fourth-order valence-electron chi connectivity index (χ4n) is 2.82. The van der Waals surface area contributed by atoms with Crippen LogP contribution in [-0.2, 0) is 20.9 Å². The van der Waals surface area contributed by atoms with E-state index in [-0.39, 0.29) is 24.2 Å². The Bertz CT molecular complexity index is 817. The smallest absolute Gasteiger partial charge is 0.339 e. The number of nitrogens with one attached hydrogen (secondary N) is 1. The summed E-state index contributed by atoms with van der Waals surface area (Å²) in [7, 11) is 0. The first-order valence-electron chi connectivity index (χ1n) is 9.09. The van der Waals surface area contributed by atoms with Crippen molar-refractivity contribution >= 4 is 40.9 Å². The van der Waals surface area contributed by atoms with Crippen molar-refractivity contribution in [1.29, 1.82) is 0 Å². The second-order valence-corrected chi connectivity index (χ2v) is 8.35. The van der Waals surface area contributed by atoms with Gasteiger partial charge in [-0.25, -0.2) is 4.79 Å². The van der Waals surface area contributed by atoms with Gasteiger partial charge in [-0.1, -0.05) is 18.2 Å². The topological polar surface area (TPSA) is 75.7 Å².